The molecule has 27 heavy (non-hydrogen) atoms. The van der Waals surface area contributed by atoms with Crippen molar-refractivity contribution in [3.8, 4) is 5.69 Å². The Labute approximate surface area is 162 Å². The number of halogens is 1. The fraction of sp³-hybridized carbons (Fsp3) is 0.0909. The van der Waals surface area contributed by atoms with Gasteiger partial charge in [0.25, 0.3) is 0 Å². The van der Waals surface area contributed by atoms with Crippen LogP contribution >= 0.6 is 11.6 Å². The van der Waals surface area contributed by atoms with Gasteiger partial charge in [-0.25, -0.2) is 4.98 Å². The van der Waals surface area contributed by atoms with Gasteiger partial charge in [0.05, 0.1) is 21.7 Å². The zero-order valence-electron chi connectivity index (χ0n) is 14.6. The number of rotatable bonds is 5. The molecule has 0 aliphatic rings. The molecule has 0 aliphatic heterocycles. The summed E-state index contributed by atoms with van der Waals surface area (Å²) in [6.45, 7) is 0. The summed E-state index contributed by atoms with van der Waals surface area (Å²) in [6, 6.07) is 25.3. The molecule has 134 valence electrons. The predicted octanol–water partition coefficient (Wildman–Crippen LogP) is 5.25. The summed E-state index contributed by atoms with van der Waals surface area (Å²) in [7, 11) is 0. The van der Waals surface area contributed by atoms with Crippen LogP contribution in [0.4, 0.5) is 5.69 Å². The number of hydrogen-bond donors (Lipinski definition) is 1. The minimum absolute atomic E-state index is 0.0882. The van der Waals surface area contributed by atoms with Gasteiger partial charge in [-0.15, -0.1) is 0 Å². The first-order valence-corrected chi connectivity index (χ1v) is 9.16. The molecule has 0 aliphatic carbocycles. The van der Waals surface area contributed by atoms with Crippen molar-refractivity contribution in [1.82, 2.24) is 9.55 Å². The number of benzene rings is 3. The zero-order chi connectivity index (χ0) is 18.6. The van der Waals surface area contributed by atoms with Crippen molar-refractivity contribution in [1.29, 1.82) is 0 Å². The van der Waals surface area contributed by atoms with Crippen LogP contribution < -0.4 is 5.32 Å². The number of aryl methyl sites for hydroxylation is 1. The number of carbonyl (C=O) groups is 1. The zero-order valence-corrected chi connectivity index (χ0v) is 15.4. The fourth-order valence-corrected chi connectivity index (χ4v) is 3.29. The number of anilines is 1. The van der Waals surface area contributed by atoms with E-state index in [1.807, 2.05) is 66.7 Å². The molecule has 0 unspecified atom stereocenters. The largest absolute Gasteiger partial charge is 0.325 e. The number of nitrogens with zero attached hydrogens (tertiary/aromatic N) is 2. The molecule has 0 radical (unpaired) electrons. The van der Waals surface area contributed by atoms with Gasteiger partial charge < -0.3 is 5.32 Å². The number of nitrogens with one attached hydrogen (secondary N) is 1. The Balaban J connectivity index is 1.59. The molecular weight excluding hydrogens is 358 g/mol. The minimum atomic E-state index is -0.0882. The second kappa shape index (κ2) is 7.64. The Kier molecular flexibility index (Phi) is 4.90. The molecule has 5 heteroatoms. The van der Waals surface area contributed by atoms with Gasteiger partial charge in [-0.2, -0.15) is 0 Å². The Bertz CT molecular complexity index is 1090. The number of amides is 1. The van der Waals surface area contributed by atoms with Crippen molar-refractivity contribution in [3.63, 3.8) is 0 Å². The SMILES string of the molecule is O=C(CCc1nc2ccccc2n1-c1ccccc1)Nc1ccccc1Cl. The van der Waals surface area contributed by atoms with E-state index in [2.05, 4.69) is 9.88 Å². The normalized spacial score (nSPS) is 10.9. The Morgan fingerprint density at radius 2 is 1.63 bits per heavy atom. The summed E-state index contributed by atoms with van der Waals surface area (Å²) in [5, 5.41) is 3.40. The summed E-state index contributed by atoms with van der Waals surface area (Å²) in [6.07, 6.45) is 0.848. The second-order valence-corrected chi connectivity index (χ2v) is 6.62. The van der Waals surface area contributed by atoms with E-state index in [-0.39, 0.29) is 5.91 Å². The van der Waals surface area contributed by atoms with Gasteiger partial charge in [-0.05, 0) is 36.4 Å². The molecule has 0 bridgehead atoms. The fourth-order valence-electron chi connectivity index (χ4n) is 3.11. The molecule has 0 spiro atoms. The third kappa shape index (κ3) is 3.71. The topological polar surface area (TPSA) is 46.9 Å². The van der Waals surface area contributed by atoms with Crippen molar-refractivity contribution in [2.24, 2.45) is 0 Å². The van der Waals surface area contributed by atoms with Crippen LogP contribution in [0.25, 0.3) is 16.7 Å². The molecule has 0 saturated heterocycles. The van der Waals surface area contributed by atoms with Gasteiger partial charge in [0.15, 0.2) is 0 Å². The lowest BCUT2D eigenvalue weighted by atomic mass is 10.2. The highest BCUT2D eigenvalue weighted by molar-refractivity contribution is 6.33. The van der Waals surface area contributed by atoms with Gasteiger partial charge in [0, 0.05) is 18.5 Å². The Hall–Kier alpha value is -3.11. The predicted molar refractivity (Wildman–Crippen MR) is 109 cm³/mol. The standard InChI is InChI=1S/C22H18ClN3O/c23-17-10-4-5-11-18(17)25-22(27)15-14-21-24-19-12-6-7-13-20(19)26(21)16-8-2-1-3-9-16/h1-13H,14-15H2,(H,25,27). The summed E-state index contributed by atoms with van der Waals surface area (Å²) >= 11 is 6.11. The number of hydrogen-bond acceptors (Lipinski definition) is 2. The van der Waals surface area contributed by atoms with Crippen molar-refractivity contribution in [2.45, 2.75) is 12.8 Å². The van der Waals surface area contributed by atoms with Crippen LogP contribution in [0.3, 0.4) is 0 Å². The highest BCUT2D eigenvalue weighted by atomic mass is 35.5. The highest BCUT2D eigenvalue weighted by Crippen LogP contribution is 2.23. The minimum Gasteiger partial charge on any atom is -0.325 e. The van der Waals surface area contributed by atoms with Crippen molar-refractivity contribution >= 4 is 34.2 Å². The Morgan fingerprint density at radius 1 is 0.926 bits per heavy atom. The molecular formula is C22H18ClN3O. The number of carbonyl (C=O) groups excluding carboxylic acids is 1. The molecule has 1 N–H and O–H groups in total. The van der Waals surface area contributed by atoms with E-state index < -0.39 is 0 Å². The lowest BCUT2D eigenvalue weighted by Gasteiger charge is -2.10. The van der Waals surface area contributed by atoms with E-state index in [0.29, 0.717) is 23.6 Å². The molecule has 4 aromatic rings. The molecule has 4 nitrogen and oxygen atoms in total. The van der Waals surface area contributed by atoms with Crippen LogP contribution in [-0.2, 0) is 11.2 Å². The number of imidazole rings is 1. The summed E-state index contributed by atoms with van der Waals surface area (Å²) in [5.41, 5.74) is 3.61. The number of fused-ring (bicyclic) bond motifs is 1. The quantitative estimate of drug-likeness (QED) is 0.517. The van der Waals surface area contributed by atoms with Crippen LogP contribution in [0.5, 0.6) is 0 Å². The maximum Gasteiger partial charge on any atom is 0.224 e. The molecule has 1 amide bonds. The molecule has 3 aromatic carbocycles. The van der Waals surface area contributed by atoms with Crippen LogP contribution in [0.1, 0.15) is 12.2 Å². The van der Waals surface area contributed by atoms with Gasteiger partial charge in [0.1, 0.15) is 5.82 Å². The van der Waals surface area contributed by atoms with Crippen LogP contribution in [0.15, 0.2) is 78.9 Å². The third-order valence-corrected chi connectivity index (χ3v) is 4.70. The maximum absolute atomic E-state index is 12.4. The van der Waals surface area contributed by atoms with Gasteiger partial charge in [-0.1, -0.05) is 54.1 Å². The van der Waals surface area contributed by atoms with E-state index >= 15 is 0 Å². The smallest absolute Gasteiger partial charge is 0.224 e. The van der Waals surface area contributed by atoms with Gasteiger partial charge >= 0.3 is 0 Å². The summed E-state index contributed by atoms with van der Waals surface area (Å²) in [5.74, 6) is 0.770. The van der Waals surface area contributed by atoms with Crippen LogP contribution in [-0.4, -0.2) is 15.5 Å². The van der Waals surface area contributed by atoms with E-state index in [1.54, 1.807) is 12.1 Å². The first-order chi connectivity index (χ1) is 13.2. The van der Waals surface area contributed by atoms with Gasteiger partial charge in [-0.3, -0.25) is 9.36 Å². The second-order valence-electron chi connectivity index (χ2n) is 6.22. The molecule has 1 heterocycles. The summed E-state index contributed by atoms with van der Waals surface area (Å²) in [4.78, 5) is 17.1. The van der Waals surface area contributed by atoms with E-state index in [0.717, 1.165) is 22.5 Å². The molecule has 4 rings (SSSR count). The number of para-hydroxylation sites is 4. The lowest BCUT2D eigenvalue weighted by molar-refractivity contribution is -0.116. The van der Waals surface area contributed by atoms with E-state index in [4.69, 9.17) is 16.6 Å². The number of aromatic nitrogens is 2. The van der Waals surface area contributed by atoms with Crippen molar-refractivity contribution < 1.29 is 4.79 Å². The third-order valence-electron chi connectivity index (χ3n) is 4.37. The highest BCUT2D eigenvalue weighted by Gasteiger charge is 2.14. The molecule has 0 saturated carbocycles. The summed E-state index contributed by atoms with van der Waals surface area (Å²) < 4.78 is 2.11. The van der Waals surface area contributed by atoms with E-state index in [9.17, 15) is 4.79 Å². The first-order valence-electron chi connectivity index (χ1n) is 8.78. The van der Waals surface area contributed by atoms with Crippen molar-refractivity contribution in [2.75, 3.05) is 5.32 Å². The average Bonchev–Trinajstić information content (AvgIpc) is 3.07. The average molecular weight is 376 g/mol. The van der Waals surface area contributed by atoms with Gasteiger partial charge in [0.2, 0.25) is 5.91 Å². The van der Waals surface area contributed by atoms with Crippen LogP contribution in [0, 0.1) is 0 Å². The van der Waals surface area contributed by atoms with Crippen molar-refractivity contribution in [3.05, 3.63) is 89.7 Å². The Morgan fingerprint density at radius 3 is 2.44 bits per heavy atom. The first kappa shape index (κ1) is 17.3. The molecule has 0 fully saturated rings. The van der Waals surface area contributed by atoms with E-state index in [1.165, 1.54) is 0 Å². The lowest BCUT2D eigenvalue weighted by Crippen LogP contribution is -2.14. The maximum atomic E-state index is 12.4. The monoisotopic (exact) mass is 375 g/mol. The molecule has 1 aromatic heterocycles. The molecule has 0 atom stereocenters. The van der Waals surface area contributed by atoms with Crippen LogP contribution in [0.2, 0.25) is 5.02 Å².